The van der Waals surface area contributed by atoms with Gasteiger partial charge in [-0.2, -0.15) is 4.99 Å². The maximum atomic E-state index is 4.66. The lowest BCUT2D eigenvalue weighted by Crippen LogP contribution is -1.83. The van der Waals surface area contributed by atoms with Gasteiger partial charge in [0, 0.05) is 11.1 Å². The highest BCUT2D eigenvalue weighted by Crippen LogP contribution is 2.21. The molecule has 0 radical (unpaired) electrons. The van der Waals surface area contributed by atoms with Crippen LogP contribution in [0.5, 0.6) is 0 Å². The van der Waals surface area contributed by atoms with Gasteiger partial charge in [0.15, 0.2) is 0 Å². The number of aryl methyl sites for hydroxylation is 2. The normalized spacial score (nSPS) is 9.77. The Morgan fingerprint density at radius 2 is 1.38 bits per heavy atom. The van der Waals surface area contributed by atoms with Crippen LogP contribution in [0.4, 0.5) is 5.69 Å². The lowest BCUT2D eigenvalue weighted by molar-refractivity contribution is 1.14. The molecule has 0 fully saturated rings. The molecule has 0 saturated heterocycles. The highest BCUT2D eigenvalue weighted by Gasteiger charge is 1.99. The fourth-order valence-electron chi connectivity index (χ4n) is 2.73. The quantitative estimate of drug-likeness (QED) is 0.303. The van der Waals surface area contributed by atoms with Crippen LogP contribution in [0.25, 0.3) is 11.1 Å². The molecule has 0 aliphatic heterocycles. The molecule has 3 rings (SSSR count). The summed E-state index contributed by atoms with van der Waals surface area (Å²) < 4.78 is 0. The Labute approximate surface area is 160 Å². The Hall–Kier alpha value is -2.98. The van der Waals surface area contributed by atoms with Gasteiger partial charge in [-0.1, -0.05) is 55.2 Å². The van der Waals surface area contributed by atoms with Crippen molar-refractivity contribution >= 4 is 23.1 Å². The average Bonchev–Trinajstić information content (AvgIpc) is 2.69. The van der Waals surface area contributed by atoms with E-state index < -0.39 is 0 Å². The molecule has 2 heteroatoms. The topological polar surface area (TPSA) is 12.4 Å². The van der Waals surface area contributed by atoms with Crippen LogP contribution >= 0.6 is 12.2 Å². The molecule has 0 spiro atoms. The SMILES string of the molecule is CCc1ccc(-c2ccc(C#Cc3ccc(N=C=S)c(C)c3)cc2)cc1. The number of rotatable bonds is 3. The van der Waals surface area contributed by atoms with Crippen molar-refractivity contribution in [3.63, 3.8) is 0 Å². The standard InChI is InChI=1S/C24H19NS/c1-3-19-6-11-22(12-7-19)23-13-8-20(9-14-23)4-5-21-10-15-24(25-17-26)18(2)16-21/h6-16H,3H2,1-2H3. The van der Waals surface area contributed by atoms with Crippen LogP contribution in [0.2, 0.25) is 0 Å². The minimum absolute atomic E-state index is 0.837. The van der Waals surface area contributed by atoms with Crippen molar-refractivity contribution in [2.24, 2.45) is 4.99 Å². The van der Waals surface area contributed by atoms with Crippen LogP contribution < -0.4 is 0 Å². The van der Waals surface area contributed by atoms with Crippen molar-refractivity contribution in [3.05, 3.63) is 89.0 Å². The Morgan fingerprint density at radius 3 is 1.96 bits per heavy atom. The van der Waals surface area contributed by atoms with Gasteiger partial charge in [0.05, 0.1) is 10.8 Å². The van der Waals surface area contributed by atoms with Crippen LogP contribution in [0.3, 0.4) is 0 Å². The minimum atomic E-state index is 0.837. The first-order valence-electron chi connectivity index (χ1n) is 8.59. The van der Waals surface area contributed by atoms with Crippen molar-refractivity contribution in [2.45, 2.75) is 20.3 Å². The third kappa shape index (κ3) is 4.35. The molecule has 0 unspecified atom stereocenters. The molecule has 0 atom stereocenters. The van der Waals surface area contributed by atoms with E-state index in [9.17, 15) is 0 Å². The first kappa shape index (κ1) is 17.8. The molecule has 3 aromatic rings. The zero-order valence-electron chi connectivity index (χ0n) is 14.9. The van der Waals surface area contributed by atoms with E-state index in [1.807, 2.05) is 25.1 Å². The second-order valence-electron chi connectivity index (χ2n) is 6.08. The van der Waals surface area contributed by atoms with Crippen LogP contribution in [-0.4, -0.2) is 5.16 Å². The molecule has 0 aliphatic carbocycles. The molecule has 0 amide bonds. The number of hydrogen-bond acceptors (Lipinski definition) is 2. The number of hydrogen-bond donors (Lipinski definition) is 0. The second kappa shape index (κ2) is 8.41. The van der Waals surface area contributed by atoms with E-state index >= 15 is 0 Å². The van der Waals surface area contributed by atoms with E-state index in [2.05, 4.69) is 89.7 Å². The Bertz CT molecular complexity index is 1010. The van der Waals surface area contributed by atoms with Crippen molar-refractivity contribution in [2.75, 3.05) is 0 Å². The van der Waals surface area contributed by atoms with E-state index in [1.165, 1.54) is 16.7 Å². The van der Waals surface area contributed by atoms with Crippen LogP contribution in [0.15, 0.2) is 71.7 Å². The number of nitrogens with zero attached hydrogens (tertiary/aromatic N) is 1. The smallest absolute Gasteiger partial charge is 0.0769 e. The molecule has 3 aromatic carbocycles. The monoisotopic (exact) mass is 353 g/mol. The van der Waals surface area contributed by atoms with Crippen molar-refractivity contribution in [1.82, 2.24) is 0 Å². The molecule has 1 nitrogen and oxygen atoms in total. The first-order chi connectivity index (χ1) is 12.7. The van der Waals surface area contributed by atoms with E-state index in [1.54, 1.807) is 0 Å². The number of aliphatic imine (C=N–C) groups is 1. The molecule has 126 valence electrons. The Kier molecular flexibility index (Phi) is 5.77. The molecule has 0 heterocycles. The van der Waals surface area contributed by atoms with E-state index in [4.69, 9.17) is 0 Å². The van der Waals surface area contributed by atoms with Crippen molar-refractivity contribution < 1.29 is 0 Å². The van der Waals surface area contributed by atoms with Gasteiger partial charge in [0.2, 0.25) is 0 Å². The third-order valence-corrected chi connectivity index (χ3v) is 4.39. The van der Waals surface area contributed by atoms with Crippen LogP contribution in [0.1, 0.15) is 29.2 Å². The molecule has 0 aromatic heterocycles. The van der Waals surface area contributed by atoms with E-state index in [0.717, 1.165) is 28.8 Å². The summed E-state index contributed by atoms with van der Waals surface area (Å²) in [6, 6.07) is 23.0. The minimum Gasteiger partial charge on any atom is -0.194 e. The lowest BCUT2D eigenvalue weighted by atomic mass is 10.0. The molecule has 26 heavy (non-hydrogen) atoms. The van der Waals surface area contributed by atoms with Gasteiger partial charge in [-0.15, -0.1) is 0 Å². The van der Waals surface area contributed by atoms with Crippen LogP contribution in [-0.2, 0) is 6.42 Å². The molecular formula is C24H19NS. The maximum absolute atomic E-state index is 4.66. The van der Waals surface area contributed by atoms with Gasteiger partial charge in [-0.25, -0.2) is 0 Å². The number of thiocarbonyl (C=S) groups is 1. The zero-order chi connectivity index (χ0) is 18.4. The summed E-state index contributed by atoms with van der Waals surface area (Å²) in [7, 11) is 0. The summed E-state index contributed by atoms with van der Waals surface area (Å²) in [6.45, 7) is 4.16. The summed E-state index contributed by atoms with van der Waals surface area (Å²) >= 11 is 4.66. The average molecular weight is 353 g/mol. The fraction of sp³-hybridized carbons (Fsp3) is 0.125. The Morgan fingerprint density at radius 1 is 0.808 bits per heavy atom. The van der Waals surface area contributed by atoms with Gasteiger partial charge in [0.25, 0.3) is 0 Å². The van der Waals surface area contributed by atoms with Crippen molar-refractivity contribution in [1.29, 1.82) is 0 Å². The van der Waals surface area contributed by atoms with Gasteiger partial charge >= 0.3 is 0 Å². The third-order valence-electron chi connectivity index (χ3n) is 4.29. The first-order valence-corrected chi connectivity index (χ1v) is 9.00. The molecule has 0 aliphatic rings. The van der Waals surface area contributed by atoms with E-state index in [-0.39, 0.29) is 0 Å². The summed E-state index contributed by atoms with van der Waals surface area (Å²) in [5.74, 6) is 6.43. The number of benzene rings is 3. The molecule has 0 N–H and O–H groups in total. The predicted octanol–water partition coefficient (Wildman–Crippen LogP) is 6.36. The fourth-order valence-corrected chi connectivity index (χ4v) is 2.83. The predicted molar refractivity (Wildman–Crippen MR) is 113 cm³/mol. The summed E-state index contributed by atoms with van der Waals surface area (Å²) in [4.78, 5) is 4.03. The highest BCUT2D eigenvalue weighted by molar-refractivity contribution is 7.78. The zero-order valence-corrected chi connectivity index (χ0v) is 15.7. The highest BCUT2D eigenvalue weighted by atomic mass is 32.1. The van der Waals surface area contributed by atoms with Gasteiger partial charge in [0.1, 0.15) is 0 Å². The summed E-state index contributed by atoms with van der Waals surface area (Å²) in [5.41, 5.74) is 7.63. The van der Waals surface area contributed by atoms with Crippen LogP contribution in [0, 0.1) is 18.8 Å². The largest absolute Gasteiger partial charge is 0.194 e. The maximum Gasteiger partial charge on any atom is 0.0769 e. The van der Waals surface area contributed by atoms with Gasteiger partial charge < -0.3 is 0 Å². The van der Waals surface area contributed by atoms with E-state index in [0.29, 0.717) is 0 Å². The molecule has 0 bridgehead atoms. The van der Waals surface area contributed by atoms with Gasteiger partial charge in [-0.05, 0) is 78.1 Å². The van der Waals surface area contributed by atoms with Crippen molar-refractivity contribution in [3.8, 4) is 23.0 Å². The Balaban J connectivity index is 1.78. The molecular weight excluding hydrogens is 334 g/mol. The van der Waals surface area contributed by atoms with Gasteiger partial charge in [-0.3, -0.25) is 0 Å². The summed E-state index contributed by atoms with van der Waals surface area (Å²) in [5, 5.41) is 2.40. The molecule has 0 saturated carbocycles. The second-order valence-corrected chi connectivity index (χ2v) is 6.26. The lowest BCUT2D eigenvalue weighted by Gasteiger charge is -2.03. The number of isothiocyanates is 1. The summed E-state index contributed by atoms with van der Waals surface area (Å²) in [6.07, 6.45) is 1.06.